The highest BCUT2D eigenvalue weighted by Gasteiger charge is 2.36. The Morgan fingerprint density at radius 3 is 2.40 bits per heavy atom. The fourth-order valence-corrected chi connectivity index (χ4v) is 5.39. The summed E-state index contributed by atoms with van der Waals surface area (Å²) in [5, 5.41) is 0.602. The van der Waals surface area contributed by atoms with Gasteiger partial charge in [-0.3, -0.25) is 4.79 Å². The zero-order chi connectivity index (χ0) is 30.0. The summed E-state index contributed by atoms with van der Waals surface area (Å²) in [6.45, 7) is 4.25. The number of benzene rings is 4. The molecule has 5 rings (SSSR count). The minimum Gasteiger partial charge on any atom is -0.493 e. The number of rotatable bonds is 9. The third kappa shape index (κ3) is 5.93. The van der Waals surface area contributed by atoms with Gasteiger partial charge < -0.3 is 19.3 Å². The molecule has 0 radical (unpaired) electrons. The number of nitrogens with zero attached hydrogens (tertiary/aromatic N) is 2. The third-order valence-corrected chi connectivity index (χ3v) is 7.94. The second kappa shape index (κ2) is 12.4. The Balaban J connectivity index is 1.53. The maximum atomic E-state index is 14.3. The quantitative estimate of drug-likeness (QED) is 0.197. The monoisotopic (exact) mass is 590 g/mol. The van der Waals surface area contributed by atoms with Gasteiger partial charge in [0, 0.05) is 35.6 Å². The van der Waals surface area contributed by atoms with E-state index in [1.807, 2.05) is 79.5 Å². The van der Waals surface area contributed by atoms with Crippen LogP contribution in [-0.2, 0) is 17.8 Å². The Kier molecular flexibility index (Phi) is 8.69. The summed E-state index contributed by atoms with van der Waals surface area (Å²) in [5.41, 5.74) is 4.48. The lowest BCUT2D eigenvalue weighted by Crippen LogP contribution is -2.41. The first-order valence-electron chi connectivity index (χ1n) is 13.9. The molecule has 1 amide bonds. The van der Waals surface area contributed by atoms with E-state index in [0.717, 1.165) is 34.9 Å². The molecular formula is C34H33ClF2N2O3. The lowest BCUT2D eigenvalue weighted by Gasteiger charge is -2.38. The van der Waals surface area contributed by atoms with Gasteiger partial charge in [0.15, 0.2) is 23.1 Å². The minimum atomic E-state index is -0.872. The average Bonchev–Trinajstić information content (AvgIpc) is 2.99. The van der Waals surface area contributed by atoms with Crippen molar-refractivity contribution in [2.24, 2.45) is 0 Å². The first kappa shape index (κ1) is 29.4. The summed E-state index contributed by atoms with van der Waals surface area (Å²) < 4.78 is 39.9. The molecule has 218 valence electrons. The summed E-state index contributed by atoms with van der Waals surface area (Å²) in [7, 11) is 3.41. The molecule has 1 aliphatic heterocycles. The molecular weight excluding hydrogens is 558 g/mol. The van der Waals surface area contributed by atoms with Crippen molar-refractivity contribution in [3.8, 4) is 11.5 Å². The largest absolute Gasteiger partial charge is 0.493 e. The van der Waals surface area contributed by atoms with Crippen LogP contribution >= 0.6 is 11.6 Å². The SMILES string of the molecule is CCC(C)Oc1cc2c(cc1OC)CC(=O)N(c1ccc(N(C)Cc3cccc(F)c3F)cc1)C2c1ccc(Cl)cc1. The fourth-order valence-electron chi connectivity index (χ4n) is 5.26. The van der Waals surface area contributed by atoms with E-state index in [1.165, 1.54) is 6.07 Å². The average molecular weight is 591 g/mol. The molecule has 2 atom stereocenters. The van der Waals surface area contributed by atoms with E-state index in [9.17, 15) is 13.6 Å². The molecule has 0 bridgehead atoms. The van der Waals surface area contributed by atoms with Crippen molar-refractivity contribution in [1.82, 2.24) is 0 Å². The van der Waals surface area contributed by atoms with Crippen molar-refractivity contribution < 1.29 is 23.0 Å². The van der Waals surface area contributed by atoms with Crippen LogP contribution in [0.4, 0.5) is 20.2 Å². The topological polar surface area (TPSA) is 42.0 Å². The van der Waals surface area contributed by atoms with Crippen molar-refractivity contribution >= 4 is 28.9 Å². The first-order chi connectivity index (χ1) is 20.2. The molecule has 4 aromatic carbocycles. The standard InChI is InChI=1S/C34H33ClF2N2O3/c1-5-21(2)42-31-19-28-24(17-30(31)41-4)18-32(40)39(34(28)22-9-11-25(35)12-10-22)27-15-13-26(14-16-27)38(3)20-23-7-6-8-29(36)33(23)37/h6-17,19,21,34H,5,18,20H2,1-4H3. The number of carbonyl (C=O) groups excluding carboxylic acids is 1. The second-order valence-electron chi connectivity index (χ2n) is 10.5. The Labute approximate surface area is 250 Å². The fraction of sp³-hybridized carbons (Fsp3) is 0.265. The van der Waals surface area contributed by atoms with Gasteiger partial charge in [0.25, 0.3) is 0 Å². The number of methoxy groups -OCH3 is 1. The number of ether oxygens (including phenoxy) is 2. The van der Waals surface area contributed by atoms with Crippen molar-refractivity contribution in [2.75, 3.05) is 24.0 Å². The normalized spacial score (nSPS) is 15.3. The third-order valence-electron chi connectivity index (χ3n) is 7.69. The highest BCUT2D eigenvalue weighted by atomic mass is 35.5. The molecule has 42 heavy (non-hydrogen) atoms. The second-order valence-corrected chi connectivity index (χ2v) is 11.0. The lowest BCUT2D eigenvalue weighted by molar-refractivity contribution is -0.118. The van der Waals surface area contributed by atoms with Crippen LogP contribution in [0.2, 0.25) is 5.02 Å². The van der Waals surface area contributed by atoms with Crippen LogP contribution in [0.15, 0.2) is 78.9 Å². The van der Waals surface area contributed by atoms with Gasteiger partial charge in [0.05, 0.1) is 25.7 Å². The smallest absolute Gasteiger partial charge is 0.232 e. The molecule has 5 nitrogen and oxygen atoms in total. The van der Waals surface area contributed by atoms with Crippen LogP contribution < -0.4 is 19.3 Å². The molecule has 0 aliphatic carbocycles. The Morgan fingerprint density at radius 1 is 1.02 bits per heavy atom. The number of anilines is 2. The van der Waals surface area contributed by atoms with Crippen LogP contribution in [0.25, 0.3) is 0 Å². The van der Waals surface area contributed by atoms with E-state index in [2.05, 4.69) is 6.92 Å². The van der Waals surface area contributed by atoms with Gasteiger partial charge in [0.1, 0.15) is 0 Å². The van der Waals surface area contributed by atoms with Crippen LogP contribution in [0, 0.1) is 11.6 Å². The molecule has 0 N–H and O–H groups in total. The highest BCUT2D eigenvalue weighted by Crippen LogP contribution is 2.44. The first-order valence-corrected chi connectivity index (χ1v) is 14.3. The van der Waals surface area contributed by atoms with Crippen molar-refractivity contribution in [2.45, 2.75) is 45.4 Å². The molecule has 4 aromatic rings. The maximum absolute atomic E-state index is 14.3. The van der Waals surface area contributed by atoms with Gasteiger partial charge in [-0.25, -0.2) is 8.78 Å². The lowest BCUT2D eigenvalue weighted by atomic mass is 9.86. The van der Waals surface area contributed by atoms with Gasteiger partial charge in [-0.15, -0.1) is 0 Å². The molecule has 2 unspecified atom stereocenters. The number of carbonyl (C=O) groups is 1. The minimum absolute atomic E-state index is 0.0161. The molecule has 0 saturated heterocycles. The number of amides is 1. The van der Waals surface area contributed by atoms with E-state index >= 15 is 0 Å². The molecule has 0 saturated carbocycles. The summed E-state index contributed by atoms with van der Waals surface area (Å²) in [6.07, 6.45) is 1.01. The summed E-state index contributed by atoms with van der Waals surface area (Å²) in [6, 6.07) is 22.6. The number of halogens is 3. The van der Waals surface area contributed by atoms with Gasteiger partial charge in [0.2, 0.25) is 5.91 Å². The molecule has 8 heteroatoms. The van der Waals surface area contributed by atoms with Gasteiger partial charge in [-0.05, 0) is 84.6 Å². The van der Waals surface area contributed by atoms with Gasteiger partial charge >= 0.3 is 0 Å². The number of hydrogen-bond acceptors (Lipinski definition) is 4. The molecule has 0 aromatic heterocycles. The van der Waals surface area contributed by atoms with Crippen molar-refractivity contribution in [3.63, 3.8) is 0 Å². The number of fused-ring (bicyclic) bond motifs is 1. The molecule has 0 fully saturated rings. The molecule has 0 spiro atoms. The summed E-state index contributed by atoms with van der Waals surface area (Å²) >= 11 is 6.23. The van der Waals surface area contributed by atoms with Gasteiger partial charge in [-0.2, -0.15) is 0 Å². The zero-order valence-corrected chi connectivity index (χ0v) is 24.8. The van der Waals surface area contributed by atoms with Crippen LogP contribution in [0.3, 0.4) is 0 Å². The summed E-state index contributed by atoms with van der Waals surface area (Å²) in [4.78, 5) is 17.4. The van der Waals surface area contributed by atoms with E-state index in [1.54, 1.807) is 18.1 Å². The van der Waals surface area contributed by atoms with E-state index < -0.39 is 17.7 Å². The van der Waals surface area contributed by atoms with Crippen LogP contribution in [0.1, 0.15) is 48.6 Å². The van der Waals surface area contributed by atoms with E-state index in [0.29, 0.717) is 22.2 Å². The van der Waals surface area contributed by atoms with Crippen molar-refractivity contribution in [1.29, 1.82) is 0 Å². The van der Waals surface area contributed by atoms with Crippen molar-refractivity contribution in [3.05, 3.63) is 118 Å². The molecule has 1 aliphatic rings. The van der Waals surface area contributed by atoms with Crippen LogP contribution in [-0.4, -0.2) is 26.2 Å². The van der Waals surface area contributed by atoms with E-state index in [-0.39, 0.29) is 30.5 Å². The highest BCUT2D eigenvalue weighted by molar-refractivity contribution is 6.30. The zero-order valence-electron chi connectivity index (χ0n) is 24.0. The van der Waals surface area contributed by atoms with Crippen LogP contribution in [0.5, 0.6) is 11.5 Å². The predicted molar refractivity (Wildman–Crippen MR) is 163 cm³/mol. The summed E-state index contributed by atoms with van der Waals surface area (Å²) in [5.74, 6) is -0.572. The molecule has 1 heterocycles. The number of hydrogen-bond donors (Lipinski definition) is 0. The maximum Gasteiger partial charge on any atom is 0.232 e. The van der Waals surface area contributed by atoms with Gasteiger partial charge in [-0.1, -0.05) is 42.8 Å². The van der Waals surface area contributed by atoms with E-state index in [4.69, 9.17) is 21.1 Å². The Bertz CT molecular complexity index is 1580. The predicted octanol–water partition coefficient (Wildman–Crippen LogP) is 8.12. The Morgan fingerprint density at radius 2 is 1.74 bits per heavy atom. The Hall–Kier alpha value is -4.10.